The Morgan fingerprint density at radius 3 is 2.68 bits per heavy atom. The number of rotatable bonds is 3. The Labute approximate surface area is 123 Å². The molecule has 106 valence electrons. The van der Waals surface area contributed by atoms with Crippen LogP contribution in [0, 0.1) is 5.92 Å². The van der Waals surface area contributed by atoms with E-state index < -0.39 is 10.0 Å². The van der Waals surface area contributed by atoms with Crippen molar-refractivity contribution in [1.29, 1.82) is 0 Å². The largest absolute Gasteiger partial charge is 0.389 e. The molecule has 0 bridgehead atoms. The lowest BCUT2D eigenvalue weighted by molar-refractivity contribution is 0.218. The van der Waals surface area contributed by atoms with Gasteiger partial charge in [-0.2, -0.15) is 4.31 Å². The highest BCUT2D eigenvalue weighted by atomic mass is 32.2. The van der Waals surface area contributed by atoms with Gasteiger partial charge in [0.05, 0.1) is 4.88 Å². The number of nitrogens with zero attached hydrogens (tertiary/aromatic N) is 1. The van der Waals surface area contributed by atoms with Gasteiger partial charge in [-0.15, -0.1) is 11.3 Å². The first-order valence-electron chi connectivity index (χ1n) is 6.24. The molecule has 2 rings (SSSR count). The van der Waals surface area contributed by atoms with Gasteiger partial charge < -0.3 is 5.73 Å². The average Bonchev–Trinajstić information content (AvgIpc) is 2.82. The van der Waals surface area contributed by atoms with E-state index in [0.717, 1.165) is 24.2 Å². The minimum atomic E-state index is -3.42. The summed E-state index contributed by atoms with van der Waals surface area (Å²) >= 11 is 6.03. The van der Waals surface area contributed by atoms with Crippen LogP contribution in [0.15, 0.2) is 16.3 Å². The van der Waals surface area contributed by atoms with Crippen molar-refractivity contribution in [1.82, 2.24) is 4.31 Å². The molecule has 2 unspecified atom stereocenters. The van der Waals surface area contributed by atoms with Crippen molar-refractivity contribution < 1.29 is 8.42 Å². The second-order valence-electron chi connectivity index (χ2n) is 5.09. The molecule has 2 heterocycles. The Morgan fingerprint density at radius 2 is 2.11 bits per heavy atom. The van der Waals surface area contributed by atoms with Crippen LogP contribution in [0.1, 0.15) is 31.6 Å². The van der Waals surface area contributed by atoms with Crippen LogP contribution in [-0.4, -0.2) is 30.3 Å². The smallest absolute Gasteiger partial charge is 0.252 e. The fourth-order valence-corrected chi connectivity index (χ4v) is 5.55. The van der Waals surface area contributed by atoms with Crippen molar-refractivity contribution in [3.05, 3.63) is 17.0 Å². The third-order valence-electron chi connectivity index (χ3n) is 3.45. The second kappa shape index (κ2) is 5.47. The summed E-state index contributed by atoms with van der Waals surface area (Å²) in [7, 11) is -3.42. The van der Waals surface area contributed by atoms with Crippen LogP contribution in [0.25, 0.3) is 0 Å². The molecule has 1 aliphatic heterocycles. The summed E-state index contributed by atoms with van der Waals surface area (Å²) in [6.07, 6.45) is 1.99. The summed E-state index contributed by atoms with van der Waals surface area (Å²) in [6.45, 7) is 4.64. The minimum Gasteiger partial charge on any atom is -0.389 e. The Bertz CT molecular complexity index is 580. The van der Waals surface area contributed by atoms with Gasteiger partial charge in [0, 0.05) is 12.6 Å². The van der Waals surface area contributed by atoms with E-state index in [1.165, 1.54) is 0 Å². The van der Waals surface area contributed by atoms with Gasteiger partial charge in [-0.05, 0) is 37.8 Å². The van der Waals surface area contributed by atoms with E-state index in [1.807, 2.05) is 6.92 Å². The monoisotopic (exact) mass is 318 g/mol. The summed E-state index contributed by atoms with van der Waals surface area (Å²) in [4.78, 5) is 0.887. The Morgan fingerprint density at radius 1 is 1.42 bits per heavy atom. The highest BCUT2D eigenvalue weighted by Gasteiger charge is 2.34. The first-order chi connectivity index (χ1) is 8.82. The fraction of sp³-hybridized carbons (Fsp3) is 0.583. The highest BCUT2D eigenvalue weighted by molar-refractivity contribution is 7.91. The molecule has 2 N–H and O–H groups in total. The number of nitrogens with two attached hydrogens (primary N) is 1. The van der Waals surface area contributed by atoms with E-state index >= 15 is 0 Å². The summed E-state index contributed by atoms with van der Waals surface area (Å²) in [5.41, 5.74) is 5.53. The maximum absolute atomic E-state index is 12.6. The highest BCUT2D eigenvalue weighted by Crippen LogP contribution is 2.31. The maximum atomic E-state index is 12.6. The fourth-order valence-electron chi connectivity index (χ4n) is 2.29. The normalized spacial score (nSPS) is 25.4. The molecule has 1 aromatic rings. The van der Waals surface area contributed by atoms with Crippen LogP contribution in [0.2, 0.25) is 0 Å². The zero-order valence-corrected chi connectivity index (χ0v) is 13.4. The van der Waals surface area contributed by atoms with E-state index in [4.69, 9.17) is 18.0 Å². The van der Waals surface area contributed by atoms with Gasteiger partial charge >= 0.3 is 0 Å². The van der Waals surface area contributed by atoms with Gasteiger partial charge in [-0.1, -0.05) is 19.1 Å². The van der Waals surface area contributed by atoms with Crippen molar-refractivity contribution in [2.45, 2.75) is 36.9 Å². The number of piperidine rings is 1. The molecule has 0 amide bonds. The molecule has 7 heteroatoms. The molecular weight excluding hydrogens is 300 g/mol. The topological polar surface area (TPSA) is 63.4 Å². The number of sulfonamides is 1. The van der Waals surface area contributed by atoms with Crippen LogP contribution < -0.4 is 5.73 Å². The predicted octanol–water partition coefficient (Wildman–Crippen LogP) is 2.19. The molecule has 1 fully saturated rings. The molecule has 0 saturated carbocycles. The Kier molecular flexibility index (Phi) is 4.29. The van der Waals surface area contributed by atoms with E-state index in [9.17, 15) is 8.42 Å². The van der Waals surface area contributed by atoms with Crippen molar-refractivity contribution >= 4 is 38.6 Å². The molecule has 1 saturated heterocycles. The van der Waals surface area contributed by atoms with Gasteiger partial charge in [0.2, 0.25) is 0 Å². The summed E-state index contributed by atoms with van der Waals surface area (Å²) in [5, 5.41) is 0. The van der Waals surface area contributed by atoms with Crippen LogP contribution in [-0.2, 0) is 10.0 Å². The van der Waals surface area contributed by atoms with Gasteiger partial charge in [0.25, 0.3) is 10.0 Å². The van der Waals surface area contributed by atoms with Gasteiger partial charge in [-0.3, -0.25) is 0 Å². The third kappa shape index (κ3) is 2.99. The minimum absolute atomic E-state index is 0.0524. The van der Waals surface area contributed by atoms with Gasteiger partial charge in [0.1, 0.15) is 9.20 Å². The molecule has 0 aromatic carbocycles. The van der Waals surface area contributed by atoms with E-state index in [1.54, 1.807) is 16.4 Å². The van der Waals surface area contributed by atoms with Crippen LogP contribution in [0.4, 0.5) is 0 Å². The number of hydrogen-bond donors (Lipinski definition) is 1. The van der Waals surface area contributed by atoms with Crippen molar-refractivity contribution in [3.8, 4) is 0 Å². The summed E-state index contributed by atoms with van der Waals surface area (Å²) in [5.74, 6) is 0.404. The van der Waals surface area contributed by atoms with E-state index in [0.29, 0.717) is 21.5 Å². The summed E-state index contributed by atoms with van der Waals surface area (Å²) in [6, 6.07) is 3.33. The lowest BCUT2D eigenvalue weighted by Gasteiger charge is -2.35. The lowest BCUT2D eigenvalue weighted by atomic mass is 9.97. The van der Waals surface area contributed by atoms with E-state index in [2.05, 4.69) is 6.92 Å². The third-order valence-corrected chi connectivity index (χ3v) is 7.36. The second-order valence-corrected chi connectivity index (χ2v) is 8.73. The molecule has 0 radical (unpaired) electrons. The van der Waals surface area contributed by atoms with Gasteiger partial charge in [0.15, 0.2) is 0 Å². The molecule has 1 aromatic heterocycles. The number of thiocarbonyl (C=S) groups is 1. The Balaban J connectivity index is 2.32. The van der Waals surface area contributed by atoms with Crippen molar-refractivity contribution in [2.24, 2.45) is 11.7 Å². The maximum Gasteiger partial charge on any atom is 0.252 e. The number of thiophene rings is 1. The zero-order chi connectivity index (χ0) is 14.2. The molecule has 1 aliphatic rings. The van der Waals surface area contributed by atoms with Crippen LogP contribution in [0.5, 0.6) is 0 Å². The lowest BCUT2D eigenvalue weighted by Crippen LogP contribution is -2.44. The molecular formula is C12H18N2O2S3. The average molecular weight is 318 g/mol. The van der Waals surface area contributed by atoms with Gasteiger partial charge in [-0.25, -0.2) is 8.42 Å². The van der Waals surface area contributed by atoms with Crippen molar-refractivity contribution in [2.75, 3.05) is 6.54 Å². The first kappa shape index (κ1) is 14.9. The molecule has 2 atom stereocenters. The predicted molar refractivity (Wildman–Crippen MR) is 82.0 cm³/mol. The quantitative estimate of drug-likeness (QED) is 0.868. The SMILES string of the molecule is CC1CCC(C)N(S(=O)(=O)c2ccc(C(N)=S)s2)C1. The summed E-state index contributed by atoms with van der Waals surface area (Å²) < 4.78 is 27.2. The zero-order valence-electron chi connectivity index (χ0n) is 11.0. The van der Waals surface area contributed by atoms with Crippen molar-refractivity contribution in [3.63, 3.8) is 0 Å². The molecule has 0 aliphatic carbocycles. The van der Waals surface area contributed by atoms with Crippen LogP contribution >= 0.6 is 23.6 Å². The molecule has 0 spiro atoms. The standard InChI is InChI=1S/C12H18N2O2S3/c1-8-3-4-9(2)14(7-8)19(15,16)11-6-5-10(18-11)12(13)17/h5-6,8-9H,3-4,7H2,1-2H3,(H2,13,17). The first-order valence-corrected chi connectivity index (χ1v) is 8.90. The van der Waals surface area contributed by atoms with Crippen LogP contribution in [0.3, 0.4) is 0 Å². The Hall–Kier alpha value is -0.500. The number of hydrogen-bond acceptors (Lipinski definition) is 4. The molecule has 19 heavy (non-hydrogen) atoms. The van der Waals surface area contributed by atoms with E-state index in [-0.39, 0.29) is 11.0 Å². The molecule has 4 nitrogen and oxygen atoms in total.